The molecule has 0 radical (unpaired) electrons. The Morgan fingerprint density at radius 3 is 1.95 bits per heavy atom. The largest absolute Gasteiger partial charge is 0.344 e. The molecule has 0 aliphatic carbocycles. The Morgan fingerprint density at radius 1 is 0.456 bits per heavy atom. The molecule has 1 aliphatic heterocycles. The highest BCUT2D eigenvalue weighted by atomic mass is 32.1. The van der Waals surface area contributed by atoms with E-state index in [1.807, 2.05) is 28.7 Å². The fourth-order valence-electron chi connectivity index (χ4n) is 8.71. The molecule has 6 heteroatoms. The normalized spacial score (nSPS) is 14.5. The van der Waals surface area contributed by atoms with Crippen molar-refractivity contribution in [2.45, 2.75) is 6.17 Å². The second-order valence-electron chi connectivity index (χ2n) is 14.6. The van der Waals surface area contributed by atoms with Crippen LogP contribution in [-0.2, 0) is 0 Å². The molecule has 268 valence electrons. The second kappa shape index (κ2) is 12.8. The summed E-state index contributed by atoms with van der Waals surface area (Å²) in [7, 11) is 0. The van der Waals surface area contributed by atoms with Crippen molar-refractivity contribution in [2.24, 2.45) is 9.98 Å². The molecule has 0 fully saturated rings. The average Bonchev–Trinajstić information content (AvgIpc) is 3.96. The Hall–Kier alpha value is -6.86. The third-order valence-corrected chi connectivity index (χ3v) is 13.5. The third kappa shape index (κ3) is 5.18. The van der Waals surface area contributed by atoms with Gasteiger partial charge in [0.1, 0.15) is 12.0 Å². The van der Waals surface area contributed by atoms with Crippen LogP contribution in [0.5, 0.6) is 0 Å². The summed E-state index contributed by atoms with van der Waals surface area (Å²) >= 11 is 3.67. The Bertz CT molecular complexity index is 3440. The first kappa shape index (κ1) is 32.4. The summed E-state index contributed by atoms with van der Waals surface area (Å²) in [5, 5.41) is 11.3. The van der Waals surface area contributed by atoms with Crippen molar-refractivity contribution in [1.82, 2.24) is 9.88 Å². The predicted molar refractivity (Wildman–Crippen MR) is 244 cm³/mol. The summed E-state index contributed by atoms with van der Waals surface area (Å²) in [5.74, 6) is 1.56. The van der Waals surface area contributed by atoms with E-state index in [0.717, 1.165) is 28.4 Å². The summed E-state index contributed by atoms with van der Waals surface area (Å²) in [6.07, 6.45) is -0.300. The lowest BCUT2D eigenvalue weighted by atomic mass is 9.98. The zero-order valence-corrected chi connectivity index (χ0v) is 32.2. The van der Waals surface area contributed by atoms with Crippen LogP contribution in [-0.4, -0.2) is 16.2 Å². The lowest BCUT2D eigenvalue weighted by molar-refractivity contribution is 0.680. The van der Waals surface area contributed by atoms with Gasteiger partial charge in [0.15, 0.2) is 5.84 Å². The van der Waals surface area contributed by atoms with Gasteiger partial charge in [0.2, 0.25) is 0 Å². The van der Waals surface area contributed by atoms with Crippen LogP contribution >= 0.6 is 22.7 Å². The van der Waals surface area contributed by atoms with Gasteiger partial charge in [-0.25, -0.2) is 9.98 Å². The number of aliphatic imine (C=N–C) groups is 2. The van der Waals surface area contributed by atoms with Gasteiger partial charge < -0.3 is 9.88 Å². The fraction of sp³-hybridized carbons (Fsp3) is 0.0196. The molecule has 12 rings (SSSR count). The Morgan fingerprint density at radius 2 is 1.11 bits per heavy atom. The van der Waals surface area contributed by atoms with Crippen molar-refractivity contribution in [3.8, 4) is 16.8 Å². The molecule has 0 spiro atoms. The van der Waals surface area contributed by atoms with E-state index in [9.17, 15) is 0 Å². The maximum atomic E-state index is 5.35. The lowest BCUT2D eigenvalue weighted by Gasteiger charge is -2.24. The lowest BCUT2D eigenvalue weighted by Crippen LogP contribution is -2.33. The van der Waals surface area contributed by atoms with Crippen molar-refractivity contribution < 1.29 is 0 Å². The number of hydrogen-bond acceptors (Lipinski definition) is 5. The van der Waals surface area contributed by atoms with Crippen LogP contribution < -0.4 is 5.32 Å². The molecular formula is C51H32N4S2. The SMILES string of the molecule is c1ccc(C2=NC(c3ccc4c(c3)sc3cc(-c5cccc6c5c5ccccc5n6-c5ccccc5)ccc34)=NC(c3cccc4sc5ccccc5c34)N2)cc1. The summed E-state index contributed by atoms with van der Waals surface area (Å²) in [4.78, 5) is 10.5. The van der Waals surface area contributed by atoms with Crippen LogP contribution in [0, 0.1) is 0 Å². The Kier molecular flexibility index (Phi) is 7.30. The van der Waals surface area contributed by atoms with E-state index in [1.165, 1.54) is 79.0 Å². The molecule has 0 bridgehead atoms. The number of thiophene rings is 2. The number of hydrogen-bond donors (Lipinski definition) is 1. The number of rotatable bonds is 5. The minimum Gasteiger partial charge on any atom is -0.344 e. The van der Waals surface area contributed by atoms with E-state index < -0.39 is 0 Å². The van der Waals surface area contributed by atoms with Gasteiger partial charge in [0.05, 0.1) is 11.0 Å². The van der Waals surface area contributed by atoms with Gasteiger partial charge in [-0.05, 0) is 59.7 Å². The van der Waals surface area contributed by atoms with E-state index in [-0.39, 0.29) is 6.17 Å². The zero-order chi connectivity index (χ0) is 37.5. The summed E-state index contributed by atoms with van der Waals surface area (Å²) in [6, 6.07) is 65.4. The number of aromatic nitrogens is 1. The third-order valence-electron chi connectivity index (χ3n) is 11.3. The van der Waals surface area contributed by atoms with Gasteiger partial charge >= 0.3 is 0 Å². The van der Waals surface area contributed by atoms with Crippen molar-refractivity contribution in [2.75, 3.05) is 0 Å². The molecule has 0 saturated carbocycles. The van der Waals surface area contributed by atoms with Crippen molar-refractivity contribution in [3.05, 3.63) is 199 Å². The van der Waals surface area contributed by atoms with Crippen LogP contribution in [0.1, 0.15) is 22.9 Å². The first-order valence-corrected chi connectivity index (χ1v) is 20.8. The minimum absolute atomic E-state index is 0.300. The standard InChI is InChI=1S/C51H32N4S2/c1-3-13-31(14-4-1)49-52-50(54-51(53-49)40-20-12-24-44-48(40)39-18-8-10-23-43(39)56-44)33-26-28-37-36-27-25-32(29-45(36)57-46(37)30-33)35-19-11-22-42-47(35)38-17-7-9-21-41(38)55(42)34-15-5-2-6-16-34/h1-30,51H,(H,52,53,54). The molecule has 1 N–H and O–H groups in total. The number of amidine groups is 2. The molecule has 4 nitrogen and oxygen atoms in total. The molecule has 1 atom stereocenters. The molecule has 4 heterocycles. The fourth-order valence-corrected chi connectivity index (χ4v) is 11.0. The van der Waals surface area contributed by atoms with Crippen LogP contribution in [0.25, 0.3) is 79.0 Å². The van der Waals surface area contributed by atoms with Crippen LogP contribution in [0.2, 0.25) is 0 Å². The maximum absolute atomic E-state index is 5.35. The highest BCUT2D eigenvalue weighted by molar-refractivity contribution is 7.26. The van der Waals surface area contributed by atoms with E-state index >= 15 is 0 Å². The molecule has 11 aromatic rings. The summed E-state index contributed by atoms with van der Waals surface area (Å²) in [5.41, 5.74) is 9.24. The highest BCUT2D eigenvalue weighted by Crippen LogP contribution is 2.43. The van der Waals surface area contributed by atoms with Gasteiger partial charge in [-0.1, -0.05) is 133 Å². The van der Waals surface area contributed by atoms with Crippen molar-refractivity contribution >= 4 is 96.5 Å². The Balaban J connectivity index is 0.988. The van der Waals surface area contributed by atoms with E-state index in [2.05, 4.69) is 186 Å². The summed E-state index contributed by atoms with van der Waals surface area (Å²) < 4.78 is 7.42. The van der Waals surface area contributed by atoms with Crippen LogP contribution in [0.4, 0.5) is 0 Å². The van der Waals surface area contributed by atoms with Crippen molar-refractivity contribution in [3.63, 3.8) is 0 Å². The predicted octanol–water partition coefficient (Wildman–Crippen LogP) is 13.7. The van der Waals surface area contributed by atoms with E-state index in [4.69, 9.17) is 9.98 Å². The Labute approximate surface area is 336 Å². The highest BCUT2D eigenvalue weighted by Gasteiger charge is 2.24. The van der Waals surface area contributed by atoms with Gasteiger partial charge in [-0.15, -0.1) is 22.7 Å². The second-order valence-corrected chi connectivity index (χ2v) is 16.7. The number of nitrogens with one attached hydrogen (secondary N) is 1. The quantitative estimate of drug-likeness (QED) is 0.186. The molecule has 3 aromatic heterocycles. The first-order valence-electron chi connectivity index (χ1n) is 19.2. The molecule has 8 aromatic carbocycles. The smallest absolute Gasteiger partial charge is 0.159 e. The molecule has 57 heavy (non-hydrogen) atoms. The van der Waals surface area contributed by atoms with Gasteiger partial charge in [-0.3, -0.25) is 0 Å². The van der Waals surface area contributed by atoms with Gasteiger partial charge in [0, 0.05) is 73.5 Å². The maximum Gasteiger partial charge on any atom is 0.159 e. The average molecular weight is 765 g/mol. The number of benzene rings is 8. The molecule has 1 aliphatic rings. The monoisotopic (exact) mass is 764 g/mol. The van der Waals surface area contributed by atoms with Gasteiger partial charge in [0.25, 0.3) is 0 Å². The topological polar surface area (TPSA) is 41.7 Å². The van der Waals surface area contributed by atoms with E-state index in [0.29, 0.717) is 0 Å². The summed E-state index contributed by atoms with van der Waals surface area (Å²) in [6.45, 7) is 0. The van der Waals surface area contributed by atoms with Gasteiger partial charge in [-0.2, -0.15) is 0 Å². The molecular weight excluding hydrogens is 733 g/mol. The van der Waals surface area contributed by atoms with Crippen molar-refractivity contribution in [1.29, 1.82) is 0 Å². The molecule has 0 saturated heterocycles. The number of para-hydroxylation sites is 2. The van der Waals surface area contributed by atoms with E-state index in [1.54, 1.807) is 0 Å². The minimum atomic E-state index is -0.300. The zero-order valence-electron chi connectivity index (χ0n) is 30.6. The number of fused-ring (bicyclic) bond motifs is 9. The van der Waals surface area contributed by atoms with Crippen LogP contribution in [0.15, 0.2) is 192 Å². The molecule has 1 unspecified atom stereocenters. The number of nitrogens with zero attached hydrogens (tertiary/aromatic N) is 3. The molecule has 0 amide bonds. The first-order chi connectivity index (χ1) is 28.2. The van der Waals surface area contributed by atoms with Crippen LogP contribution in [0.3, 0.4) is 0 Å².